The molecule has 3 N–H and O–H groups in total. The first kappa shape index (κ1) is 24.6. The van der Waals surface area contributed by atoms with Gasteiger partial charge < -0.3 is 16.0 Å². The molecule has 37 heavy (non-hydrogen) atoms. The summed E-state index contributed by atoms with van der Waals surface area (Å²) >= 11 is 0. The number of likely N-dealkylation sites (tertiary alicyclic amines) is 1. The van der Waals surface area contributed by atoms with Crippen LogP contribution >= 0.6 is 0 Å². The van der Waals surface area contributed by atoms with Gasteiger partial charge in [-0.2, -0.15) is 10.1 Å². The molecule has 2 aliphatic heterocycles. The molecule has 0 radical (unpaired) electrons. The highest BCUT2D eigenvalue weighted by molar-refractivity contribution is 5.94. The molecule has 3 aromatic rings. The van der Waals surface area contributed by atoms with Crippen LogP contribution in [-0.4, -0.2) is 91.3 Å². The molecule has 0 aliphatic carbocycles. The average molecular weight is 513 g/mol. The number of anilines is 4. The first-order valence-corrected chi connectivity index (χ1v) is 11.9. The zero-order valence-electron chi connectivity index (χ0n) is 20.7. The monoisotopic (exact) mass is 512 g/mol. The molecule has 1 unspecified atom stereocenters. The van der Waals surface area contributed by atoms with Crippen molar-refractivity contribution in [1.29, 1.82) is 0 Å². The van der Waals surface area contributed by atoms with Crippen molar-refractivity contribution >= 4 is 52.5 Å². The highest BCUT2D eigenvalue weighted by atomic mass is 19.3. The number of amides is 1. The number of fused-ring (bicyclic) bond motifs is 1. The fourth-order valence-corrected chi connectivity index (χ4v) is 4.21. The Morgan fingerprint density at radius 2 is 2.03 bits per heavy atom. The number of hydrazone groups is 1. The highest BCUT2D eigenvalue weighted by Crippen LogP contribution is 2.29. The largest absolute Gasteiger partial charge is 0.337 e. The molecule has 3 aromatic heterocycles. The fraction of sp³-hybridized carbons (Fsp3) is 0.435. The number of halogens is 2. The van der Waals surface area contributed by atoms with Crippen molar-refractivity contribution in [2.24, 2.45) is 12.1 Å². The lowest BCUT2D eigenvalue weighted by atomic mass is 10.1. The van der Waals surface area contributed by atoms with Crippen molar-refractivity contribution < 1.29 is 18.3 Å². The molecule has 5 rings (SSSR count). The van der Waals surface area contributed by atoms with E-state index in [4.69, 9.17) is 0 Å². The number of aryl methyl sites for hydroxylation is 2. The van der Waals surface area contributed by atoms with E-state index in [-0.39, 0.29) is 44.4 Å². The second-order valence-electron chi connectivity index (χ2n) is 9.22. The van der Waals surface area contributed by atoms with Gasteiger partial charge in [0.2, 0.25) is 18.1 Å². The van der Waals surface area contributed by atoms with Crippen molar-refractivity contribution in [3.05, 3.63) is 24.2 Å². The minimum absolute atomic E-state index is 0.0477. The van der Waals surface area contributed by atoms with E-state index < -0.39 is 5.92 Å². The van der Waals surface area contributed by atoms with E-state index in [1.165, 1.54) is 0 Å². The summed E-state index contributed by atoms with van der Waals surface area (Å²) in [4.78, 5) is 27.6. The number of piperidine rings is 1. The first-order valence-electron chi connectivity index (χ1n) is 11.9. The Hall–Kier alpha value is -4.07. The summed E-state index contributed by atoms with van der Waals surface area (Å²) < 4.78 is 30.1. The molecule has 0 spiro atoms. The topological polar surface area (TPSA) is 128 Å². The second kappa shape index (κ2) is 9.76. The summed E-state index contributed by atoms with van der Waals surface area (Å²) in [6.45, 7) is 2.26. The van der Waals surface area contributed by atoms with Crippen LogP contribution in [0.15, 0.2) is 23.6 Å². The molecule has 2 aliphatic rings. The number of nitrogens with zero attached hydrogens (tertiary/aromatic N) is 8. The number of pyridine rings is 1. The minimum atomic E-state index is -2.65. The highest BCUT2D eigenvalue weighted by Gasteiger charge is 2.34. The van der Waals surface area contributed by atoms with E-state index in [9.17, 15) is 13.6 Å². The number of nitrogens with one attached hydrogen (secondary N) is 3. The van der Waals surface area contributed by atoms with Crippen LogP contribution in [0.4, 0.5) is 31.9 Å². The number of carbonyl (C=O) groups is 1. The Kier molecular flexibility index (Phi) is 6.50. The number of rotatable bonds is 7. The van der Waals surface area contributed by atoms with Crippen LogP contribution in [0.2, 0.25) is 0 Å². The van der Waals surface area contributed by atoms with Crippen molar-refractivity contribution in [3.8, 4) is 0 Å². The Labute approximate surface area is 211 Å². The van der Waals surface area contributed by atoms with Crippen LogP contribution in [0.25, 0.3) is 11.0 Å². The molecule has 0 saturated carbocycles. The molecule has 14 heteroatoms. The third kappa shape index (κ3) is 5.69. The lowest BCUT2D eigenvalue weighted by Gasteiger charge is -2.31. The third-order valence-corrected chi connectivity index (χ3v) is 6.24. The molecular weight excluding hydrogens is 484 g/mol. The fourth-order valence-electron chi connectivity index (χ4n) is 4.21. The van der Waals surface area contributed by atoms with Gasteiger partial charge in [-0.15, -0.1) is 0 Å². The van der Waals surface area contributed by atoms with Crippen LogP contribution in [0, 0.1) is 6.92 Å². The van der Waals surface area contributed by atoms with Crippen molar-refractivity contribution in [2.75, 3.05) is 42.6 Å². The minimum Gasteiger partial charge on any atom is -0.337 e. The predicted molar refractivity (Wildman–Crippen MR) is 136 cm³/mol. The Morgan fingerprint density at radius 1 is 1.24 bits per heavy atom. The standard InChI is InChI=1S/C23H27F2N11O/c1-14-18(8-15(9-26-14)29-19(37)13-36-6-4-23(24,25)5-7-36)31-20-17-11-27-22(32-21(17)35(3)33-20)30-16-10-28-34(2)12-16/h8-12,16H,4-7,13H2,1-3H3,(H2-,27,29,30,31,32,33,37)/p+1. The maximum Gasteiger partial charge on any atom is 0.250 e. The third-order valence-electron chi connectivity index (χ3n) is 6.24. The maximum absolute atomic E-state index is 13.4. The van der Waals surface area contributed by atoms with E-state index in [1.54, 1.807) is 46.0 Å². The summed E-state index contributed by atoms with van der Waals surface area (Å²) in [6, 6.07) is 1.66. The maximum atomic E-state index is 13.4. The summed E-state index contributed by atoms with van der Waals surface area (Å²) in [5.74, 6) is -1.94. The van der Waals surface area contributed by atoms with Crippen LogP contribution in [0.1, 0.15) is 18.5 Å². The van der Waals surface area contributed by atoms with Crippen molar-refractivity contribution in [2.45, 2.75) is 31.7 Å². The van der Waals surface area contributed by atoms with Gasteiger partial charge in [0.25, 0.3) is 5.92 Å². The lowest BCUT2D eigenvalue weighted by molar-refractivity contribution is -0.494. The molecule has 0 bridgehead atoms. The molecule has 5 heterocycles. The molecular formula is C23H28F2N11O+. The van der Waals surface area contributed by atoms with E-state index >= 15 is 0 Å². The number of carbonyl (C=O) groups excluding carboxylic acids is 1. The van der Waals surface area contributed by atoms with Gasteiger partial charge >= 0.3 is 0 Å². The number of hydrogen-bond acceptors (Lipinski definition) is 9. The second-order valence-corrected chi connectivity index (χ2v) is 9.22. The summed E-state index contributed by atoms with van der Waals surface area (Å²) in [5, 5.41) is 18.7. The normalized spacial score (nSPS) is 19.2. The van der Waals surface area contributed by atoms with Gasteiger partial charge in [-0.25, -0.2) is 18.4 Å². The van der Waals surface area contributed by atoms with Crippen molar-refractivity contribution in [3.63, 3.8) is 0 Å². The lowest BCUT2D eigenvalue weighted by Crippen LogP contribution is -2.43. The zero-order chi connectivity index (χ0) is 26.2. The van der Waals surface area contributed by atoms with Crippen molar-refractivity contribution in [1.82, 2.24) is 29.6 Å². The van der Waals surface area contributed by atoms with Gasteiger partial charge in [-0.05, 0) is 18.1 Å². The molecule has 0 aromatic carbocycles. The molecule has 12 nitrogen and oxygen atoms in total. The average Bonchev–Trinajstić information content (AvgIpc) is 3.39. The quantitative estimate of drug-likeness (QED) is 0.410. The summed E-state index contributed by atoms with van der Waals surface area (Å²) in [6.07, 6.45) is 6.44. The van der Waals surface area contributed by atoms with Gasteiger partial charge in [-0.3, -0.25) is 14.7 Å². The predicted octanol–water partition coefficient (Wildman–Crippen LogP) is 1.97. The molecule has 1 saturated heterocycles. The van der Waals surface area contributed by atoms with E-state index in [2.05, 4.69) is 41.1 Å². The van der Waals surface area contributed by atoms with E-state index in [0.29, 0.717) is 39.9 Å². The van der Waals surface area contributed by atoms with E-state index in [1.807, 2.05) is 20.2 Å². The smallest absolute Gasteiger partial charge is 0.250 e. The first-order chi connectivity index (χ1) is 17.6. The molecule has 194 valence electrons. The Balaban J connectivity index is 1.27. The molecule has 1 atom stereocenters. The van der Waals surface area contributed by atoms with Crippen LogP contribution in [0.5, 0.6) is 0 Å². The summed E-state index contributed by atoms with van der Waals surface area (Å²) in [5.41, 5.74) is 2.47. The number of hydrogen-bond donors (Lipinski definition) is 3. The van der Waals surface area contributed by atoms with E-state index in [0.717, 1.165) is 0 Å². The summed E-state index contributed by atoms with van der Waals surface area (Å²) in [7, 11) is 3.64. The van der Waals surface area contributed by atoms with Gasteiger partial charge in [0.15, 0.2) is 24.6 Å². The Morgan fingerprint density at radius 3 is 2.76 bits per heavy atom. The number of aromatic nitrogens is 5. The SMILES string of the molecule is Cc1ncc(NC(=O)CN2CCC(F)(F)CC2)cc1Nc1nn(C)c2nc(NC3C=N[N+](C)=C3)ncc12. The van der Waals surface area contributed by atoms with Crippen LogP contribution in [0.3, 0.4) is 0 Å². The van der Waals surface area contributed by atoms with Gasteiger partial charge in [0.05, 0.1) is 35.2 Å². The zero-order valence-corrected chi connectivity index (χ0v) is 20.7. The van der Waals surface area contributed by atoms with Gasteiger partial charge in [0.1, 0.15) is 6.21 Å². The molecule has 1 amide bonds. The van der Waals surface area contributed by atoms with Crippen LogP contribution < -0.4 is 16.0 Å². The van der Waals surface area contributed by atoms with Crippen LogP contribution in [-0.2, 0) is 11.8 Å². The van der Waals surface area contributed by atoms with Gasteiger partial charge in [-0.1, -0.05) is 4.68 Å². The number of alkyl halides is 2. The van der Waals surface area contributed by atoms with Gasteiger partial charge in [0, 0.05) is 39.2 Å². The molecule has 1 fully saturated rings. The Bertz CT molecular complexity index is 1390.